The summed E-state index contributed by atoms with van der Waals surface area (Å²) < 4.78 is 0. The maximum Gasteiger partial charge on any atom is 0.0207 e. The summed E-state index contributed by atoms with van der Waals surface area (Å²) in [5.74, 6) is 0. The zero-order chi connectivity index (χ0) is 12.2. The van der Waals surface area contributed by atoms with Crippen molar-refractivity contribution in [3.8, 4) is 0 Å². The first-order valence-corrected chi connectivity index (χ1v) is 6.62. The van der Waals surface area contributed by atoms with Crippen LogP contribution in [0.5, 0.6) is 0 Å². The molecule has 1 saturated heterocycles. The van der Waals surface area contributed by atoms with Crippen LogP contribution in [0.4, 0.5) is 0 Å². The van der Waals surface area contributed by atoms with Crippen molar-refractivity contribution in [2.75, 3.05) is 39.3 Å². The third-order valence-electron chi connectivity index (χ3n) is 3.16. The summed E-state index contributed by atoms with van der Waals surface area (Å²) in [5, 5.41) is 0.977. The third kappa shape index (κ3) is 4.44. The molecule has 0 aromatic rings. The molecule has 1 fully saturated rings. The lowest BCUT2D eigenvalue weighted by Gasteiger charge is -2.33. The standard InChI is InChI=1S/C13H25ClN2/c1-5-15-8-10-16(11-9-15)7-6-12(14)13(2,3)4/h6H,5,7-11H2,1-4H3/b12-6-. The van der Waals surface area contributed by atoms with E-state index < -0.39 is 0 Å². The monoisotopic (exact) mass is 244 g/mol. The van der Waals surface area contributed by atoms with Crippen LogP contribution in [0, 0.1) is 5.41 Å². The fourth-order valence-electron chi connectivity index (χ4n) is 1.80. The van der Waals surface area contributed by atoms with Crippen molar-refractivity contribution >= 4 is 11.6 Å². The molecule has 0 radical (unpaired) electrons. The van der Waals surface area contributed by atoms with Crippen LogP contribution in [-0.4, -0.2) is 49.1 Å². The minimum atomic E-state index is 0.0901. The van der Waals surface area contributed by atoms with E-state index in [1.54, 1.807) is 0 Å². The summed E-state index contributed by atoms with van der Waals surface area (Å²) in [4.78, 5) is 4.96. The van der Waals surface area contributed by atoms with Crippen LogP contribution in [0.1, 0.15) is 27.7 Å². The molecule has 94 valence electrons. The molecule has 0 aliphatic carbocycles. The van der Waals surface area contributed by atoms with Crippen LogP contribution < -0.4 is 0 Å². The van der Waals surface area contributed by atoms with E-state index in [2.05, 4.69) is 43.6 Å². The fraction of sp³-hybridized carbons (Fsp3) is 0.846. The molecule has 2 nitrogen and oxygen atoms in total. The van der Waals surface area contributed by atoms with E-state index in [0.29, 0.717) is 0 Å². The van der Waals surface area contributed by atoms with Gasteiger partial charge in [-0.2, -0.15) is 0 Å². The van der Waals surface area contributed by atoms with Crippen molar-refractivity contribution in [3.05, 3.63) is 11.1 Å². The van der Waals surface area contributed by atoms with Gasteiger partial charge in [0.15, 0.2) is 0 Å². The second-order valence-electron chi connectivity index (χ2n) is 5.54. The quantitative estimate of drug-likeness (QED) is 0.754. The molecule has 0 N–H and O–H groups in total. The number of hydrogen-bond acceptors (Lipinski definition) is 2. The number of rotatable bonds is 3. The highest BCUT2D eigenvalue weighted by Crippen LogP contribution is 2.28. The van der Waals surface area contributed by atoms with Gasteiger partial charge in [0.05, 0.1) is 0 Å². The predicted molar refractivity (Wildman–Crippen MR) is 71.9 cm³/mol. The molecule has 0 unspecified atom stereocenters. The maximum atomic E-state index is 6.26. The highest BCUT2D eigenvalue weighted by Gasteiger charge is 2.17. The molecule has 1 aliphatic rings. The van der Waals surface area contributed by atoms with Crippen LogP contribution in [0.15, 0.2) is 11.1 Å². The largest absolute Gasteiger partial charge is 0.301 e. The van der Waals surface area contributed by atoms with Gasteiger partial charge in [-0.3, -0.25) is 4.90 Å². The normalized spacial score (nSPS) is 21.4. The number of likely N-dealkylation sites (N-methyl/N-ethyl adjacent to an activating group) is 1. The van der Waals surface area contributed by atoms with Gasteiger partial charge in [0.1, 0.15) is 0 Å². The smallest absolute Gasteiger partial charge is 0.0207 e. The molecular weight excluding hydrogens is 220 g/mol. The summed E-state index contributed by atoms with van der Waals surface area (Å²) in [5.41, 5.74) is 0.0901. The Morgan fingerprint density at radius 3 is 2.06 bits per heavy atom. The number of halogens is 1. The Hall–Kier alpha value is -0.0500. The molecule has 0 aromatic heterocycles. The lowest BCUT2D eigenvalue weighted by Crippen LogP contribution is -2.46. The van der Waals surface area contributed by atoms with Gasteiger partial charge in [-0.05, 0) is 12.0 Å². The van der Waals surface area contributed by atoms with E-state index in [0.717, 1.165) is 11.6 Å². The first kappa shape index (κ1) is 14.0. The van der Waals surface area contributed by atoms with Crippen LogP contribution in [0.2, 0.25) is 0 Å². The van der Waals surface area contributed by atoms with Crippen molar-refractivity contribution in [2.45, 2.75) is 27.7 Å². The molecule has 1 heterocycles. The lowest BCUT2D eigenvalue weighted by atomic mass is 9.96. The average molecular weight is 245 g/mol. The molecule has 16 heavy (non-hydrogen) atoms. The Labute approximate surface area is 105 Å². The van der Waals surface area contributed by atoms with Gasteiger partial charge in [-0.1, -0.05) is 45.4 Å². The second kappa shape index (κ2) is 6.04. The van der Waals surface area contributed by atoms with E-state index in [1.807, 2.05) is 0 Å². The molecule has 0 aromatic carbocycles. The fourth-order valence-corrected chi connectivity index (χ4v) is 1.87. The Balaban J connectivity index is 2.35. The molecule has 0 spiro atoms. The van der Waals surface area contributed by atoms with E-state index >= 15 is 0 Å². The Morgan fingerprint density at radius 2 is 1.62 bits per heavy atom. The van der Waals surface area contributed by atoms with Gasteiger partial charge < -0.3 is 4.90 Å². The molecule has 1 rings (SSSR count). The van der Waals surface area contributed by atoms with Crippen LogP contribution in [0.3, 0.4) is 0 Å². The molecule has 1 aliphatic heterocycles. The van der Waals surface area contributed by atoms with E-state index in [1.165, 1.54) is 32.7 Å². The summed E-state index contributed by atoms with van der Waals surface area (Å²) in [6.07, 6.45) is 2.17. The number of allylic oxidation sites excluding steroid dienone is 1. The minimum Gasteiger partial charge on any atom is -0.301 e. The van der Waals surface area contributed by atoms with E-state index in [9.17, 15) is 0 Å². The molecule has 3 heteroatoms. The molecule has 0 saturated carbocycles. The van der Waals surface area contributed by atoms with Crippen molar-refractivity contribution in [3.63, 3.8) is 0 Å². The van der Waals surface area contributed by atoms with Gasteiger partial charge >= 0.3 is 0 Å². The Kier molecular flexibility index (Phi) is 5.29. The van der Waals surface area contributed by atoms with Crippen LogP contribution >= 0.6 is 11.6 Å². The predicted octanol–water partition coefficient (Wildman–Crippen LogP) is 2.79. The number of piperazine rings is 1. The SMILES string of the molecule is CCN1CCN(C/C=C(\Cl)C(C)(C)C)CC1. The Morgan fingerprint density at radius 1 is 1.12 bits per heavy atom. The van der Waals surface area contributed by atoms with Gasteiger partial charge in [0, 0.05) is 37.8 Å². The average Bonchev–Trinajstić information content (AvgIpc) is 2.25. The van der Waals surface area contributed by atoms with Crippen molar-refractivity contribution < 1.29 is 0 Å². The lowest BCUT2D eigenvalue weighted by molar-refractivity contribution is 0.148. The zero-order valence-corrected chi connectivity index (χ0v) is 11.8. The molecule has 0 atom stereocenters. The zero-order valence-electron chi connectivity index (χ0n) is 11.1. The molecule has 0 amide bonds. The topological polar surface area (TPSA) is 6.48 Å². The van der Waals surface area contributed by atoms with Gasteiger partial charge in [-0.15, -0.1) is 0 Å². The summed E-state index contributed by atoms with van der Waals surface area (Å²) in [6, 6.07) is 0. The first-order valence-electron chi connectivity index (χ1n) is 6.24. The van der Waals surface area contributed by atoms with Crippen LogP contribution in [-0.2, 0) is 0 Å². The van der Waals surface area contributed by atoms with Crippen molar-refractivity contribution in [2.24, 2.45) is 5.41 Å². The minimum absolute atomic E-state index is 0.0901. The maximum absolute atomic E-state index is 6.26. The summed E-state index contributed by atoms with van der Waals surface area (Å²) >= 11 is 6.26. The summed E-state index contributed by atoms with van der Waals surface area (Å²) in [6.45, 7) is 15.6. The van der Waals surface area contributed by atoms with Crippen molar-refractivity contribution in [1.29, 1.82) is 0 Å². The second-order valence-corrected chi connectivity index (χ2v) is 5.94. The van der Waals surface area contributed by atoms with E-state index in [4.69, 9.17) is 11.6 Å². The summed E-state index contributed by atoms with van der Waals surface area (Å²) in [7, 11) is 0. The molecular formula is C13H25ClN2. The third-order valence-corrected chi connectivity index (χ3v) is 3.88. The van der Waals surface area contributed by atoms with Gasteiger partial charge in [-0.25, -0.2) is 0 Å². The highest BCUT2D eigenvalue weighted by atomic mass is 35.5. The Bertz CT molecular complexity index is 235. The first-order chi connectivity index (χ1) is 7.43. The van der Waals surface area contributed by atoms with Gasteiger partial charge in [0.2, 0.25) is 0 Å². The number of hydrogen-bond donors (Lipinski definition) is 0. The van der Waals surface area contributed by atoms with E-state index in [-0.39, 0.29) is 5.41 Å². The van der Waals surface area contributed by atoms with Crippen molar-refractivity contribution in [1.82, 2.24) is 9.80 Å². The van der Waals surface area contributed by atoms with Crippen LogP contribution in [0.25, 0.3) is 0 Å². The highest BCUT2D eigenvalue weighted by molar-refractivity contribution is 6.30. The molecule has 0 bridgehead atoms. The van der Waals surface area contributed by atoms with Gasteiger partial charge in [0.25, 0.3) is 0 Å². The number of nitrogens with zero attached hydrogens (tertiary/aromatic N) is 2.